The average Bonchev–Trinajstić information content (AvgIpc) is 2.98. The molecule has 4 fully saturated rings. The molecule has 0 amide bonds. The van der Waals surface area contributed by atoms with Crippen LogP contribution in [-0.2, 0) is 0 Å². The van der Waals surface area contributed by atoms with E-state index in [1.54, 1.807) is 0 Å². The number of aliphatic hydroxyl groups excluding tert-OH is 1. The zero-order valence-corrected chi connectivity index (χ0v) is 19.8. The van der Waals surface area contributed by atoms with Crippen LogP contribution < -0.4 is 5.73 Å². The molecule has 4 nitrogen and oxygen atoms in total. The number of hydrogen-bond donors (Lipinski definition) is 3. The maximum Gasteiger partial charge on any atom is 0.137 e. The number of rotatable bonds is 2. The van der Waals surface area contributed by atoms with Crippen molar-refractivity contribution in [3.63, 3.8) is 0 Å². The highest BCUT2D eigenvalue weighted by Gasteiger charge is 2.63. The summed E-state index contributed by atoms with van der Waals surface area (Å²) in [5.41, 5.74) is 8.65. The summed E-state index contributed by atoms with van der Waals surface area (Å²) in [7, 11) is 0. The molecule has 0 radical (unpaired) electrons. The Hall–Kier alpha value is -1.13. The average molecular weight is 427 g/mol. The molecule has 1 aromatic rings. The number of nitrogens with zero attached hydrogens (tertiary/aromatic N) is 1. The van der Waals surface area contributed by atoms with Gasteiger partial charge in [0.2, 0.25) is 0 Å². The molecule has 1 heterocycles. The van der Waals surface area contributed by atoms with Gasteiger partial charge in [-0.05, 0) is 110 Å². The highest BCUT2D eigenvalue weighted by atomic mass is 16.3. The molecular formula is C27H42N2O2. The Morgan fingerprint density at radius 2 is 1.81 bits per heavy atom. The third kappa shape index (κ3) is 3.19. The van der Waals surface area contributed by atoms with E-state index in [2.05, 4.69) is 25.8 Å². The van der Waals surface area contributed by atoms with Gasteiger partial charge in [0.05, 0.1) is 11.8 Å². The molecule has 4 heteroatoms. The van der Waals surface area contributed by atoms with Crippen molar-refractivity contribution in [2.75, 3.05) is 0 Å². The number of fused-ring (bicyclic) bond motifs is 5. The van der Waals surface area contributed by atoms with Crippen LogP contribution in [-0.4, -0.2) is 27.3 Å². The van der Waals surface area contributed by atoms with Gasteiger partial charge in [-0.3, -0.25) is 4.98 Å². The monoisotopic (exact) mass is 426 g/mol. The molecule has 0 spiro atoms. The summed E-state index contributed by atoms with van der Waals surface area (Å²) in [6, 6.07) is 2.21. The maximum absolute atomic E-state index is 11.4. The van der Waals surface area contributed by atoms with Crippen LogP contribution in [0.4, 0.5) is 0 Å². The fourth-order valence-electron chi connectivity index (χ4n) is 9.33. The van der Waals surface area contributed by atoms with Gasteiger partial charge in [-0.25, -0.2) is 0 Å². The minimum atomic E-state index is -0.309. The van der Waals surface area contributed by atoms with Crippen LogP contribution in [0.3, 0.4) is 0 Å². The maximum atomic E-state index is 11.4. The van der Waals surface area contributed by atoms with Crippen molar-refractivity contribution >= 4 is 0 Å². The molecule has 4 aliphatic carbocycles. The minimum Gasteiger partial charge on any atom is -0.506 e. The van der Waals surface area contributed by atoms with E-state index in [0.29, 0.717) is 17.4 Å². The largest absolute Gasteiger partial charge is 0.506 e. The summed E-state index contributed by atoms with van der Waals surface area (Å²) in [6.07, 6.45) is 11.2. The van der Waals surface area contributed by atoms with Crippen molar-refractivity contribution < 1.29 is 10.2 Å². The van der Waals surface area contributed by atoms with Crippen LogP contribution >= 0.6 is 0 Å². The third-order valence-corrected chi connectivity index (χ3v) is 10.8. The van der Waals surface area contributed by atoms with Crippen LogP contribution in [0.15, 0.2) is 12.3 Å². The lowest BCUT2D eigenvalue weighted by Crippen LogP contribution is -2.54. The van der Waals surface area contributed by atoms with Crippen molar-refractivity contribution in [1.29, 1.82) is 0 Å². The Morgan fingerprint density at radius 3 is 2.55 bits per heavy atom. The third-order valence-electron chi connectivity index (χ3n) is 10.8. The van der Waals surface area contributed by atoms with E-state index >= 15 is 0 Å². The van der Waals surface area contributed by atoms with Crippen molar-refractivity contribution in [2.24, 2.45) is 46.2 Å². The molecule has 0 saturated heterocycles. The van der Waals surface area contributed by atoms with E-state index in [4.69, 9.17) is 5.73 Å². The van der Waals surface area contributed by atoms with E-state index in [1.807, 2.05) is 19.2 Å². The molecule has 0 aromatic carbocycles. The van der Waals surface area contributed by atoms with Gasteiger partial charge in [0.15, 0.2) is 0 Å². The zero-order chi connectivity index (χ0) is 22.1. The normalized spacial score (nSPS) is 47.9. The second-order valence-corrected chi connectivity index (χ2v) is 12.3. The summed E-state index contributed by atoms with van der Waals surface area (Å²) in [4.78, 5) is 4.61. The zero-order valence-electron chi connectivity index (χ0n) is 19.8. The van der Waals surface area contributed by atoms with Gasteiger partial charge >= 0.3 is 0 Å². The predicted molar refractivity (Wildman–Crippen MR) is 124 cm³/mol. The topological polar surface area (TPSA) is 79.4 Å². The smallest absolute Gasteiger partial charge is 0.137 e. The summed E-state index contributed by atoms with van der Waals surface area (Å²) < 4.78 is 0. The molecule has 10 unspecified atom stereocenters. The Morgan fingerprint density at radius 1 is 1.06 bits per heavy atom. The second kappa shape index (κ2) is 7.45. The Labute approximate surface area is 188 Å². The van der Waals surface area contributed by atoms with E-state index in [0.717, 1.165) is 35.4 Å². The fraction of sp³-hybridized carbons (Fsp3) is 0.815. The Kier molecular flexibility index (Phi) is 5.21. The van der Waals surface area contributed by atoms with E-state index < -0.39 is 0 Å². The highest BCUT2D eigenvalue weighted by Crippen LogP contribution is 2.68. The van der Waals surface area contributed by atoms with Crippen molar-refractivity contribution in [1.82, 2.24) is 4.98 Å². The second-order valence-electron chi connectivity index (χ2n) is 12.3. The number of aryl methyl sites for hydroxylation is 1. The van der Waals surface area contributed by atoms with Crippen LogP contribution in [0, 0.1) is 47.3 Å². The summed E-state index contributed by atoms with van der Waals surface area (Å²) in [5.74, 6) is 3.37. The highest BCUT2D eigenvalue weighted by molar-refractivity contribution is 5.33. The number of pyridine rings is 1. The number of nitrogens with two attached hydrogens (primary N) is 1. The lowest BCUT2D eigenvalue weighted by molar-refractivity contribution is -0.115. The summed E-state index contributed by atoms with van der Waals surface area (Å²) in [6.45, 7) is 9.15. The molecule has 1 aromatic heterocycles. The van der Waals surface area contributed by atoms with Crippen LogP contribution in [0.1, 0.15) is 89.3 Å². The number of aliphatic hydroxyl groups is 1. The van der Waals surface area contributed by atoms with Crippen molar-refractivity contribution in [2.45, 2.75) is 97.1 Å². The first-order valence-corrected chi connectivity index (χ1v) is 12.7. The van der Waals surface area contributed by atoms with E-state index in [-0.39, 0.29) is 29.1 Å². The van der Waals surface area contributed by atoms with Crippen LogP contribution in [0.2, 0.25) is 0 Å². The van der Waals surface area contributed by atoms with Crippen molar-refractivity contribution in [3.05, 3.63) is 23.5 Å². The molecule has 5 rings (SSSR count). The number of hydrogen-bond acceptors (Lipinski definition) is 4. The summed E-state index contributed by atoms with van der Waals surface area (Å²) >= 11 is 0. The first-order chi connectivity index (χ1) is 14.6. The lowest BCUT2D eigenvalue weighted by Gasteiger charge is -2.61. The minimum absolute atomic E-state index is 0.0572. The summed E-state index contributed by atoms with van der Waals surface area (Å²) in [5, 5.41) is 22.0. The van der Waals surface area contributed by atoms with Gasteiger partial charge in [-0.15, -0.1) is 0 Å². The molecule has 4 N–H and O–H groups in total. The van der Waals surface area contributed by atoms with Gasteiger partial charge in [0.1, 0.15) is 5.75 Å². The fourth-order valence-corrected chi connectivity index (χ4v) is 9.33. The standard InChI is InChI=1S/C27H42N2O2/c1-15-11-23(31)25(29-14-15)16(2)24-22(30)13-21-19-6-5-17-12-18(28)7-9-26(17,3)20(19)8-10-27(21,24)4/h11,14,16-22,24,30-31H,5-10,12-13,28H2,1-4H3. The molecule has 4 saturated carbocycles. The molecular weight excluding hydrogens is 384 g/mol. The first-order valence-electron chi connectivity index (χ1n) is 12.7. The lowest BCUT2D eigenvalue weighted by atomic mass is 9.44. The molecule has 172 valence electrons. The van der Waals surface area contributed by atoms with Gasteiger partial charge in [0.25, 0.3) is 0 Å². The first kappa shape index (κ1) is 21.7. The van der Waals surface area contributed by atoms with Crippen molar-refractivity contribution in [3.8, 4) is 5.75 Å². The van der Waals surface area contributed by atoms with Gasteiger partial charge in [-0.1, -0.05) is 20.8 Å². The van der Waals surface area contributed by atoms with Crippen LogP contribution in [0.5, 0.6) is 5.75 Å². The molecule has 0 bridgehead atoms. The van der Waals surface area contributed by atoms with Gasteiger partial charge in [0, 0.05) is 18.2 Å². The molecule has 0 aliphatic heterocycles. The molecule has 10 atom stereocenters. The quantitative estimate of drug-likeness (QED) is 0.610. The Balaban J connectivity index is 1.44. The van der Waals surface area contributed by atoms with Gasteiger partial charge in [-0.2, -0.15) is 0 Å². The van der Waals surface area contributed by atoms with E-state index in [9.17, 15) is 10.2 Å². The SMILES string of the molecule is Cc1cnc(C(C)C2C(O)CC3C4CCC5CC(N)CCC5(C)C4CCC32C)c(O)c1. The molecule has 4 aliphatic rings. The number of aromatic nitrogens is 1. The predicted octanol–water partition coefficient (Wildman–Crippen LogP) is 5.16. The Bertz CT molecular complexity index is 843. The van der Waals surface area contributed by atoms with Crippen LogP contribution in [0.25, 0.3) is 0 Å². The van der Waals surface area contributed by atoms with Gasteiger partial charge < -0.3 is 15.9 Å². The molecule has 31 heavy (non-hydrogen) atoms. The van der Waals surface area contributed by atoms with E-state index in [1.165, 1.54) is 44.9 Å². The number of aromatic hydroxyl groups is 1.